The van der Waals surface area contributed by atoms with Crippen LogP contribution in [0, 0.1) is 59.7 Å². The maximum Gasteiger partial charge on any atom is 0.102 e. The van der Waals surface area contributed by atoms with Gasteiger partial charge in [-0.3, -0.25) is 4.98 Å². The van der Waals surface area contributed by atoms with Crippen molar-refractivity contribution < 1.29 is 41.0 Å². The Morgan fingerprint density at radius 2 is 2.03 bits per heavy atom. The summed E-state index contributed by atoms with van der Waals surface area (Å²) < 4.78 is 0. The molecule has 2 atom stereocenters. The fraction of sp³-hybridized carbons (Fsp3) is 0.556. The SMILES string of the molecule is CN1CN(C[C@@H]2C[C@H](CN([C-]=O)c3cnc(C(C)(C)O)cn3)CCC2(C)C)c2cc(C#N)ccc21.[U]. The van der Waals surface area contributed by atoms with E-state index in [0.717, 1.165) is 43.9 Å². The number of aliphatic hydroxyl groups is 1. The summed E-state index contributed by atoms with van der Waals surface area (Å²) in [5, 5.41) is 19.5. The molecule has 2 aliphatic rings. The maximum absolute atomic E-state index is 11.8. The van der Waals surface area contributed by atoms with E-state index in [1.807, 2.05) is 24.6 Å². The van der Waals surface area contributed by atoms with Crippen LogP contribution in [0.15, 0.2) is 30.6 Å². The van der Waals surface area contributed by atoms with E-state index in [2.05, 4.69) is 46.7 Å². The van der Waals surface area contributed by atoms with Crippen LogP contribution in [0.1, 0.15) is 58.2 Å². The van der Waals surface area contributed by atoms with E-state index in [1.54, 1.807) is 13.8 Å². The zero-order valence-corrected chi connectivity index (χ0v) is 26.0. The molecule has 1 amide bonds. The first kappa shape index (κ1) is 28.4. The van der Waals surface area contributed by atoms with Crippen molar-refractivity contribution >= 4 is 23.6 Å². The molecule has 0 saturated heterocycles. The largest absolute Gasteiger partial charge is 0.461 e. The third kappa shape index (κ3) is 6.05. The number of fused-ring (bicyclic) bond motifs is 1. The fourth-order valence-electron chi connectivity index (χ4n) is 5.32. The molecule has 4 rings (SSSR count). The summed E-state index contributed by atoms with van der Waals surface area (Å²) in [6.45, 7) is 10.2. The number of benzene rings is 1. The van der Waals surface area contributed by atoms with E-state index in [1.165, 1.54) is 17.3 Å². The van der Waals surface area contributed by atoms with E-state index >= 15 is 0 Å². The summed E-state index contributed by atoms with van der Waals surface area (Å²) in [5.41, 5.74) is 2.51. The Bertz CT molecular complexity index is 1110. The molecule has 1 aliphatic carbocycles. The number of carbonyl (C=O) groups excluding carboxylic acids is 1. The van der Waals surface area contributed by atoms with E-state index in [9.17, 15) is 15.2 Å². The summed E-state index contributed by atoms with van der Waals surface area (Å²) >= 11 is 0. The van der Waals surface area contributed by atoms with Gasteiger partial charge in [-0.05, 0) is 81.3 Å². The van der Waals surface area contributed by atoms with Crippen molar-refractivity contribution in [2.24, 2.45) is 17.3 Å². The third-order valence-electron chi connectivity index (χ3n) is 7.69. The minimum absolute atomic E-state index is 0. The van der Waals surface area contributed by atoms with Crippen LogP contribution in [0.2, 0.25) is 0 Å². The van der Waals surface area contributed by atoms with Crippen molar-refractivity contribution in [2.45, 2.75) is 52.6 Å². The van der Waals surface area contributed by atoms with Crippen LogP contribution >= 0.6 is 0 Å². The van der Waals surface area contributed by atoms with Crippen LogP contribution in [0.3, 0.4) is 0 Å². The van der Waals surface area contributed by atoms with E-state index in [0.29, 0.717) is 35.5 Å². The first-order chi connectivity index (χ1) is 16.5. The molecular weight excluding hydrogens is 678 g/mol. The van der Waals surface area contributed by atoms with Crippen LogP contribution in [0.5, 0.6) is 0 Å². The van der Waals surface area contributed by atoms with Gasteiger partial charge in [0.15, 0.2) is 0 Å². The van der Waals surface area contributed by atoms with Crippen molar-refractivity contribution in [1.29, 1.82) is 5.26 Å². The van der Waals surface area contributed by atoms with Gasteiger partial charge in [0.05, 0.1) is 41.8 Å². The number of hydrogen-bond donors (Lipinski definition) is 1. The van der Waals surface area contributed by atoms with Crippen molar-refractivity contribution in [2.75, 3.05) is 41.5 Å². The normalized spacial score (nSPS) is 20.8. The quantitative estimate of drug-likeness (QED) is 0.345. The molecule has 9 heteroatoms. The molecule has 36 heavy (non-hydrogen) atoms. The minimum Gasteiger partial charge on any atom is -0.461 e. The average molecular weight is 714 g/mol. The Hall–Kier alpha value is -2.13. The molecular formula is C27H35N6O2U-. The Labute approximate surface area is 238 Å². The van der Waals surface area contributed by atoms with Crippen LogP contribution in [-0.2, 0) is 10.4 Å². The molecule has 0 bridgehead atoms. The van der Waals surface area contributed by atoms with Gasteiger partial charge in [-0.2, -0.15) is 5.26 Å². The molecule has 1 saturated carbocycles. The summed E-state index contributed by atoms with van der Waals surface area (Å²) in [6.07, 6.45) is 8.19. The van der Waals surface area contributed by atoms with Crippen molar-refractivity contribution in [3.63, 3.8) is 0 Å². The number of aromatic nitrogens is 2. The van der Waals surface area contributed by atoms with Crippen LogP contribution < -0.4 is 14.7 Å². The first-order valence-corrected chi connectivity index (χ1v) is 12.2. The summed E-state index contributed by atoms with van der Waals surface area (Å²) in [6, 6.07) is 8.16. The van der Waals surface area contributed by atoms with Crippen LogP contribution in [0.4, 0.5) is 17.2 Å². The number of nitrogens with zero attached hydrogens (tertiary/aromatic N) is 6. The molecule has 190 valence electrons. The second-order valence-electron chi connectivity index (χ2n) is 11.2. The fourth-order valence-corrected chi connectivity index (χ4v) is 5.32. The first-order valence-electron chi connectivity index (χ1n) is 12.2. The average Bonchev–Trinajstić information content (AvgIpc) is 3.13. The molecule has 1 N–H and O–H groups in total. The zero-order valence-electron chi connectivity index (χ0n) is 21.8. The molecule has 0 radical (unpaired) electrons. The van der Waals surface area contributed by atoms with E-state index in [4.69, 9.17) is 0 Å². The third-order valence-corrected chi connectivity index (χ3v) is 7.69. The second-order valence-corrected chi connectivity index (χ2v) is 11.2. The smallest absolute Gasteiger partial charge is 0.102 e. The number of rotatable bonds is 7. The van der Waals surface area contributed by atoms with Gasteiger partial charge in [0.25, 0.3) is 0 Å². The monoisotopic (exact) mass is 713 g/mol. The molecule has 0 spiro atoms. The van der Waals surface area contributed by atoms with Crippen molar-refractivity contribution in [3.8, 4) is 6.07 Å². The molecule has 1 aliphatic heterocycles. The van der Waals surface area contributed by atoms with Gasteiger partial charge in [0, 0.05) is 56.7 Å². The summed E-state index contributed by atoms with van der Waals surface area (Å²) in [4.78, 5) is 26.6. The molecule has 1 fully saturated rings. The Morgan fingerprint density at radius 3 is 2.64 bits per heavy atom. The maximum atomic E-state index is 11.8. The van der Waals surface area contributed by atoms with Gasteiger partial charge in [-0.25, -0.2) is 0 Å². The molecule has 0 unspecified atom stereocenters. The van der Waals surface area contributed by atoms with Gasteiger partial charge in [0.1, 0.15) is 5.60 Å². The predicted molar refractivity (Wildman–Crippen MR) is 137 cm³/mol. The Balaban J connectivity index is 0.00000361. The second kappa shape index (κ2) is 11.1. The Kier molecular flexibility index (Phi) is 8.76. The number of anilines is 3. The summed E-state index contributed by atoms with van der Waals surface area (Å²) in [5.74, 6) is 1.22. The van der Waals surface area contributed by atoms with Crippen LogP contribution in [0.25, 0.3) is 0 Å². The number of amides is 1. The molecule has 1 aromatic carbocycles. The van der Waals surface area contributed by atoms with Gasteiger partial charge < -0.3 is 29.6 Å². The van der Waals surface area contributed by atoms with Crippen molar-refractivity contribution in [3.05, 3.63) is 41.9 Å². The van der Waals surface area contributed by atoms with Crippen molar-refractivity contribution in [1.82, 2.24) is 9.97 Å². The van der Waals surface area contributed by atoms with Gasteiger partial charge in [-0.15, -0.1) is 0 Å². The number of hydrogen-bond acceptors (Lipinski definition) is 7. The zero-order chi connectivity index (χ0) is 25.4. The topological polar surface area (TPSA) is 96.6 Å². The van der Waals surface area contributed by atoms with Gasteiger partial charge in [0.2, 0.25) is 0 Å². The molecule has 2 heterocycles. The minimum atomic E-state index is -1.08. The number of nitriles is 1. The molecule has 8 nitrogen and oxygen atoms in total. The van der Waals surface area contributed by atoms with Gasteiger partial charge in [-0.1, -0.05) is 13.8 Å². The van der Waals surface area contributed by atoms with Gasteiger partial charge >= 0.3 is 0 Å². The summed E-state index contributed by atoms with van der Waals surface area (Å²) in [7, 11) is 2.09. The Morgan fingerprint density at radius 1 is 1.28 bits per heavy atom. The van der Waals surface area contributed by atoms with E-state index < -0.39 is 5.60 Å². The molecule has 1 aromatic heterocycles. The van der Waals surface area contributed by atoms with E-state index in [-0.39, 0.29) is 36.5 Å². The predicted octanol–water partition coefficient (Wildman–Crippen LogP) is 3.81. The standard InChI is InChI=1S/C27H35N6O2.U/c1-26(2)9-8-20(15-33(18-34)25-14-29-24(13-30-25)27(3,4)35)10-21(26)16-32-17-31(5)22-7-6-19(12-28)11-23(22)32;/h6-7,11,13-14,20-21,35H,8-10,15-17H2,1-5H3;/q-1;/t20-,21+;/m1./s1. The van der Waals surface area contributed by atoms with Crippen LogP contribution in [-0.4, -0.2) is 48.3 Å². The molecule has 2 aromatic rings.